The van der Waals surface area contributed by atoms with Crippen LogP contribution in [0.5, 0.6) is 0 Å². The van der Waals surface area contributed by atoms with Crippen molar-refractivity contribution in [3.8, 4) is 0 Å². The molecule has 1 aliphatic heterocycles. The number of nitrogens with one attached hydrogen (secondary N) is 1. The summed E-state index contributed by atoms with van der Waals surface area (Å²) in [7, 11) is 0. The Labute approximate surface area is 159 Å². The molecule has 1 aliphatic rings. The average Bonchev–Trinajstić information content (AvgIpc) is 2.84. The van der Waals surface area contributed by atoms with Gasteiger partial charge in [-0.1, -0.05) is 53.8 Å². The van der Waals surface area contributed by atoms with Crippen molar-refractivity contribution in [3.63, 3.8) is 0 Å². The van der Waals surface area contributed by atoms with Crippen LogP contribution in [0.1, 0.15) is 11.1 Å². The number of anilines is 1. The van der Waals surface area contributed by atoms with E-state index in [0.29, 0.717) is 14.2 Å². The number of hydrogen-bond donors (Lipinski definition) is 1. The molecule has 0 radical (unpaired) electrons. The summed E-state index contributed by atoms with van der Waals surface area (Å²) < 4.78 is 13.5. The highest BCUT2D eigenvalue weighted by Crippen LogP contribution is 2.32. The smallest absolute Gasteiger partial charge is 0.267 e. The summed E-state index contributed by atoms with van der Waals surface area (Å²) in [5.74, 6) is -0.490. The van der Waals surface area contributed by atoms with Crippen LogP contribution in [0, 0.1) is 12.7 Å². The first-order chi connectivity index (χ1) is 11.9. The molecule has 2 aromatic carbocycles. The molecule has 128 valence electrons. The summed E-state index contributed by atoms with van der Waals surface area (Å²) in [6.07, 6.45) is 1.71. The number of thioether (sulfide) groups is 1. The number of carbonyl (C=O) groups excluding carboxylic acids is 1. The van der Waals surface area contributed by atoms with Gasteiger partial charge in [-0.25, -0.2) is 4.39 Å². The van der Waals surface area contributed by atoms with Crippen molar-refractivity contribution in [3.05, 3.63) is 69.3 Å². The van der Waals surface area contributed by atoms with E-state index in [4.69, 9.17) is 23.8 Å². The molecule has 1 N–H and O–H groups in total. The zero-order chi connectivity index (χ0) is 18.0. The molecule has 3 rings (SSSR count). The van der Waals surface area contributed by atoms with E-state index >= 15 is 0 Å². The van der Waals surface area contributed by atoms with Gasteiger partial charge in [0.25, 0.3) is 5.91 Å². The summed E-state index contributed by atoms with van der Waals surface area (Å²) >= 11 is 12.6. The number of halogens is 2. The van der Waals surface area contributed by atoms with E-state index < -0.39 is 0 Å². The SMILES string of the molecule is Cc1ccc(NCN2C(=O)/C(=C\c3ccc(F)cc3)SC2=S)cc1Cl. The van der Waals surface area contributed by atoms with Gasteiger partial charge in [-0.2, -0.15) is 0 Å². The quantitative estimate of drug-likeness (QED) is 0.582. The largest absolute Gasteiger partial charge is 0.367 e. The lowest BCUT2D eigenvalue weighted by Gasteiger charge is -2.16. The van der Waals surface area contributed by atoms with Crippen LogP contribution in [0.3, 0.4) is 0 Å². The van der Waals surface area contributed by atoms with E-state index in [0.717, 1.165) is 16.8 Å². The minimum Gasteiger partial charge on any atom is -0.367 e. The number of rotatable bonds is 4. The molecule has 1 fully saturated rings. The second kappa shape index (κ2) is 7.56. The van der Waals surface area contributed by atoms with E-state index in [9.17, 15) is 9.18 Å². The van der Waals surface area contributed by atoms with Gasteiger partial charge < -0.3 is 5.32 Å². The van der Waals surface area contributed by atoms with Crippen LogP contribution < -0.4 is 5.32 Å². The number of aryl methyl sites for hydroxylation is 1. The molecule has 1 amide bonds. The maximum atomic E-state index is 13.0. The lowest BCUT2D eigenvalue weighted by Crippen LogP contribution is -2.33. The second-order valence-electron chi connectivity index (χ2n) is 5.46. The summed E-state index contributed by atoms with van der Waals surface area (Å²) in [6, 6.07) is 11.6. The van der Waals surface area contributed by atoms with Crippen LogP contribution in [-0.2, 0) is 4.79 Å². The Morgan fingerprint density at radius 2 is 2.00 bits per heavy atom. The van der Waals surface area contributed by atoms with Crippen molar-refractivity contribution in [2.45, 2.75) is 6.92 Å². The Hall–Kier alpha value is -1.89. The monoisotopic (exact) mass is 392 g/mol. The Bertz CT molecular complexity index is 868. The van der Waals surface area contributed by atoms with Gasteiger partial charge in [-0.15, -0.1) is 0 Å². The molecule has 3 nitrogen and oxygen atoms in total. The first-order valence-electron chi connectivity index (χ1n) is 7.45. The number of thiocarbonyl (C=S) groups is 1. The van der Waals surface area contributed by atoms with Crippen molar-refractivity contribution < 1.29 is 9.18 Å². The molecule has 0 saturated carbocycles. The number of hydrogen-bond acceptors (Lipinski definition) is 4. The highest BCUT2D eigenvalue weighted by atomic mass is 35.5. The van der Waals surface area contributed by atoms with Crippen molar-refractivity contribution >= 4 is 57.6 Å². The van der Waals surface area contributed by atoms with E-state index in [-0.39, 0.29) is 18.4 Å². The molecule has 0 aliphatic carbocycles. The van der Waals surface area contributed by atoms with Crippen LogP contribution in [0.2, 0.25) is 5.02 Å². The number of carbonyl (C=O) groups is 1. The highest BCUT2D eigenvalue weighted by Gasteiger charge is 2.31. The van der Waals surface area contributed by atoms with Crippen LogP contribution >= 0.6 is 35.6 Å². The van der Waals surface area contributed by atoms with Gasteiger partial charge in [0, 0.05) is 10.7 Å². The fourth-order valence-electron chi connectivity index (χ4n) is 2.22. The third-order valence-electron chi connectivity index (χ3n) is 3.65. The van der Waals surface area contributed by atoms with Crippen LogP contribution in [0.15, 0.2) is 47.4 Å². The molecule has 25 heavy (non-hydrogen) atoms. The zero-order valence-corrected chi connectivity index (χ0v) is 15.6. The molecule has 0 unspecified atom stereocenters. The van der Waals surface area contributed by atoms with Crippen LogP contribution in [-0.4, -0.2) is 21.8 Å². The highest BCUT2D eigenvalue weighted by molar-refractivity contribution is 8.26. The topological polar surface area (TPSA) is 32.3 Å². The normalized spacial score (nSPS) is 16.0. The van der Waals surface area contributed by atoms with Gasteiger partial charge in [0.05, 0.1) is 11.6 Å². The van der Waals surface area contributed by atoms with E-state index in [1.807, 2.05) is 25.1 Å². The molecule has 7 heteroatoms. The summed E-state index contributed by atoms with van der Waals surface area (Å²) in [5, 5.41) is 3.81. The summed E-state index contributed by atoms with van der Waals surface area (Å²) in [6.45, 7) is 2.18. The first-order valence-corrected chi connectivity index (χ1v) is 9.05. The molecule has 2 aromatic rings. The summed E-state index contributed by atoms with van der Waals surface area (Å²) in [5.41, 5.74) is 2.55. The standard InChI is InChI=1S/C18H14ClFN2OS2/c1-11-2-7-14(9-15(11)19)21-10-22-17(23)16(25-18(22)24)8-12-3-5-13(20)6-4-12/h2-9,21H,10H2,1H3/b16-8+. The molecule has 0 aromatic heterocycles. The van der Waals surface area contributed by atoms with Crippen molar-refractivity contribution in [1.82, 2.24) is 4.90 Å². The molecule has 0 spiro atoms. The molecular weight excluding hydrogens is 379 g/mol. The molecule has 1 saturated heterocycles. The minimum absolute atomic E-state index is 0.176. The van der Waals surface area contributed by atoms with Gasteiger partial charge in [0.1, 0.15) is 10.1 Å². The van der Waals surface area contributed by atoms with E-state index in [1.165, 1.54) is 28.8 Å². The van der Waals surface area contributed by atoms with E-state index in [2.05, 4.69) is 5.32 Å². The Kier molecular flexibility index (Phi) is 5.42. The van der Waals surface area contributed by atoms with Crippen LogP contribution in [0.4, 0.5) is 10.1 Å². The lowest BCUT2D eigenvalue weighted by molar-refractivity contribution is -0.121. The van der Waals surface area contributed by atoms with Crippen LogP contribution in [0.25, 0.3) is 6.08 Å². The molecule has 0 bridgehead atoms. The fraction of sp³-hybridized carbons (Fsp3) is 0.111. The van der Waals surface area contributed by atoms with Gasteiger partial charge >= 0.3 is 0 Å². The Morgan fingerprint density at radius 1 is 1.28 bits per heavy atom. The van der Waals surface area contributed by atoms with E-state index in [1.54, 1.807) is 18.2 Å². The van der Waals surface area contributed by atoms with Gasteiger partial charge in [-0.05, 0) is 48.4 Å². The Morgan fingerprint density at radius 3 is 2.68 bits per heavy atom. The molecule has 1 heterocycles. The molecular formula is C18H14ClFN2OS2. The lowest BCUT2D eigenvalue weighted by atomic mass is 10.2. The van der Waals surface area contributed by atoms with Gasteiger partial charge in [0.2, 0.25) is 0 Å². The maximum absolute atomic E-state index is 13.0. The fourth-order valence-corrected chi connectivity index (χ4v) is 3.66. The first kappa shape index (κ1) is 17.9. The summed E-state index contributed by atoms with van der Waals surface area (Å²) in [4.78, 5) is 14.5. The molecule has 0 atom stereocenters. The van der Waals surface area contributed by atoms with Gasteiger partial charge in [0.15, 0.2) is 0 Å². The second-order valence-corrected chi connectivity index (χ2v) is 7.54. The predicted molar refractivity (Wildman–Crippen MR) is 106 cm³/mol. The average molecular weight is 393 g/mol. The number of benzene rings is 2. The predicted octanol–water partition coefficient (Wildman–Crippen LogP) is 5.06. The number of nitrogens with zero attached hydrogens (tertiary/aromatic N) is 1. The van der Waals surface area contributed by atoms with Crippen molar-refractivity contribution in [2.24, 2.45) is 0 Å². The third kappa shape index (κ3) is 4.21. The van der Waals surface area contributed by atoms with Gasteiger partial charge in [-0.3, -0.25) is 9.69 Å². The van der Waals surface area contributed by atoms with Crippen molar-refractivity contribution in [1.29, 1.82) is 0 Å². The minimum atomic E-state index is -0.314. The maximum Gasteiger partial charge on any atom is 0.267 e. The number of amides is 1. The Balaban J connectivity index is 1.70. The third-order valence-corrected chi connectivity index (χ3v) is 5.44. The van der Waals surface area contributed by atoms with Crippen molar-refractivity contribution in [2.75, 3.05) is 12.0 Å². The zero-order valence-electron chi connectivity index (χ0n) is 13.3.